The number of carboxylic acids is 1. The number of hydrogen-bond donors (Lipinski definition) is 1. The average Bonchev–Trinajstić information content (AvgIpc) is 3.10. The predicted molar refractivity (Wildman–Crippen MR) is 98.1 cm³/mol. The molecule has 0 radical (unpaired) electrons. The van der Waals surface area contributed by atoms with E-state index in [0.29, 0.717) is 6.54 Å². The molecule has 1 amide bonds. The SMILES string of the molecule is CN(C(=O)CN1CCCC(c2ccn(CC(=O)O)n2)C1)c1ccccc1. The fraction of sp³-hybridized carbons (Fsp3) is 0.421. The largest absolute Gasteiger partial charge is 0.480 e. The zero-order chi connectivity index (χ0) is 18.5. The molecule has 1 aliphatic heterocycles. The van der Waals surface area contributed by atoms with Crippen LogP contribution < -0.4 is 4.90 Å². The fourth-order valence-corrected chi connectivity index (χ4v) is 3.36. The molecule has 0 saturated carbocycles. The molecule has 1 unspecified atom stereocenters. The molecule has 1 fully saturated rings. The zero-order valence-electron chi connectivity index (χ0n) is 14.9. The Kier molecular flexibility index (Phi) is 5.68. The Bertz CT molecular complexity index is 759. The first-order chi connectivity index (χ1) is 12.5. The third-order valence-electron chi connectivity index (χ3n) is 4.76. The van der Waals surface area contributed by atoms with E-state index < -0.39 is 5.97 Å². The first kappa shape index (κ1) is 18.1. The number of para-hydroxylation sites is 1. The van der Waals surface area contributed by atoms with Crippen LogP contribution in [0.4, 0.5) is 5.69 Å². The number of amides is 1. The van der Waals surface area contributed by atoms with E-state index in [0.717, 1.165) is 37.3 Å². The van der Waals surface area contributed by atoms with E-state index in [9.17, 15) is 9.59 Å². The van der Waals surface area contributed by atoms with Crippen LogP contribution in [-0.2, 0) is 16.1 Å². The van der Waals surface area contributed by atoms with Gasteiger partial charge in [0, 0.05) is 31.4 Å². The summed E-state index contributed by atoms with van der Waals surface area (Å²) in [5, 5.41) is 13.2. The summed E-state index contributed by atoms with van der Waals surface area (Å²) < 4.78 is 1.45. The molecule has 1 N–H and O–H groups in total. The third-order valence-corrected chi connectivity index (χ3v) is 4.76. The Balaban J connectivity index is 1.59. The lowest BCUT2D eigenvalue weighted by atomic mass is 9.95. The molecule has 3 rings (SSSR count). The minimum atomic E-state index is -0.903. The molecule has 26 heavy (non-hydrogen) atoms. The number of carbonyl (C=O) groups excluding carboxylic acids is 1. The van der Waals surface area contributed by atoms with Crippen molar-refractivity contribution in [1.82, 2.24) is 14.7 Å². The molecular weight excluding hydrogens is 332 g/mol. The number of piperidine rings is 1. The second-order valence-corrected chi connectivity index (χ2v) is 6.69. The topological polar surface area (TPSA) is 78.7 Å². The van der Waals surface area contributed by atoms with Crippen LogP contribution >= 0.6 is 0 Å². The summed E-state index contributed by atoms with van der Waals surface area (Å²) in [6.45, 7) is 1.90. The summed E-state index contributed by atoms with van der Waals surface area (Å²) in [4.78, 5) is 27.2. The van der Waals surface area contributed by atoms with Crippen LogP contribution in [0.3, 0.4) is 0 Å². The van der Waals surface area contributed by atoms with Crippen molar-refractivity contribution in [3.8, 4) is 0 Å². The monoisotopic (exact) mass is 356 g/mol. The van der Waals surface area contributed by atoms with Gasteiger partial charge in [0.15, 0.2) is 0 Å². The lowest BCUT2D eigenvalue weighted by Gasteiger charge is -2.32. The zero-order valence-corrected chi connectivity index (χ0v) is 14.9. The second kappa shape index (κ2) is 8.14. The summed E-state index contributed by atoms with van der Waals surface area (Å²) in [6.07, 6.45) is 3.71. The van der Waals surface area contributed by atoms with Crippen molar-refractivity contribution >= 4 is 17.6 Å². The van der Waals surface area contributed by atoms with Crippen LogP contribution in [0.1, 0.15) is 24.5 Å². The Morgan fingerprint density at radius 3 is 2.73 bits per heavy atom. The molecular formula is C19H24N4O3. The molecule has 7 nitrogen and oxygen atoms in total. The van der Waals surface area contributed by atoms with Gasteiger partial charge in [0.25, 0.3) is 0 Å². The van der Waals surface area contributed by atoms with Gasteiger partial charge in [-0.15, -0.1) is 0 Å². The predicted octanol–water partition coefficient (Wildman–Crippen LogP) is 1.81. The lowest BCUT2D eigenvalue weighted by molar-refractivity contribution is -0.137. The number of likely N-dealkylation sites (tertiary alicyclic amines) is 1. The standard InChI is InChI=1S/C19H24N4O3/c1-21(16-7-3-2-4-8-16)18(24)13-22-10-5-6-15(12-22)17-9-11-23(20-17)14-19(25)26/h2-4,7-9,11,15H,5-6,10,12-14H2,1H3,(H,25,26). The number of aliphatic carboxylic acids is 1. The molecule has 1 atom stereocenters. The van der Waals surface area contributed by atoms with Crippen LogP contribution in [0.5, 0.6) is 0 Å². The maximum absolute atomic E-state index is 12.6. The maximum Gasteiger partial charge on any atom is 0.325 e. The van der Waals surface area contributed by atoms with Crippen LogP contribution in [0.15, 0.2) is 42.6 Å². The fourth-order valence-electron chi connectivity index (χ4n) is 3.36. The maximum atomic E-state index is 12.6. The molecule has 2 aromatic rings. The van der Waals surface area contributed by atoms with E-state index in [1.165, 1.54) is 4.68 Å². The summed E-state index contributed by atoms with van der Waals surface area (Å²) >= 11 is 0. The molecule has 1 saturated heterocycles. The van der Waals surface area contributed by atoms with E-state index >= 15 is 0 Å². The summed E-state index contributed by atoms with van der Waals surface area (Å²) in [6, 6.07) is 11.5. The van der Waals surface area contributed by atoms with E-state index in [-0.39, 0.29) is 18.4 Å². The van der Waals surface area contributed by atoms with E-state index in [4.69, 9.17) is 5.11 Å². The number of carbonyl (C=O) groups is 2. The van der Waals surface area contributed by atoms with E-state index in [2.05, 4.69) is 10.00 Å². The third kappa shape index (κ3) is 4.49. The minimum Gasteiger partial charge on any atom is -0.480 e. The number of likely N-dealkylation sites (N-methyl/N-ethyl adjacent to an activating group) is 1. The van der Waals surface area contributed by atoms with Gasteiger partial charge in [-0.2, -0.15) is 5.10 Å². The van der Waals surface area contributed by atoms with Gasteiger partial charge in [0.1, 0.15) is 6.54 Å². The van der Waals surface area contributed by atoms with Gasteiger partial charge in [-0.1, -0.05) is 18.2 Å². The molecule has 1 aromatic carbocycles. The Hall–Kier alpha value is -2.67. The van der Waals surface area contributed by atoms with Crippen molar-refractivity contribution in [1.29, 1.82) is 0 Å². The van der Waals surface area contributed by atoms with Crippen LogP contribution in [-0.4, -0.2) is 58.3 Å². The molecule has 0 aliphatic carbocycles. The number of nitrogens with zero attached hydrogens (tertiary/aromatic N) is 4. The van der Waals surface area contributed by atoms with Crippen LogP contribution in [0.25, 0.3) is 0 Å². The number of anilines is 1. The Labute approximate surface area is 152 Å². The smallest absolute Gasteiger partial charge is 0.325 e. The average molecular weight is 356 g/mol. The normalized spacial score (nSPS) is 17.8. The lowest BCUT2D eigenvalue weighted by Crippen LogP contribution is -2.42. The number of hydrogen-bond acceptors (Lipinski definition) is 4. The van der Waals surface area contributed by atoms with Crippen LogP contribution in [0, 0.1) is 0 Å². The molecule has 0 bridgehead atoms. The summed E-state index contributed by atoms with van der Waals surface area (Å²) in [5.74, 6) is -0.610. The number of carboxylic acid groups (broad SMARTS) is 1. The van der Waals surface area contributed by atoms with Crippen molar-refractivity contribution in [3.63, 3.8) is 0 Å². The first-order valence-electron chi connectivity index (χ1n) is 8.82. The Morgan fingerprint density at radius 2 is 2.00 bits per heavy atom. The van der Waals surface area contributed by atoms with E-state index in [1.54, 1.807) is 18.1 Å². The van der Waals surface area contributed by atoms with Gasteiger partial charge < -0.3 is 10.0 Å². The van der Waals surface area contributed by atoms with Crippen molar-refractivity contribution in [2.75, 3.05) is 31.6 Å². The van der Waals surface area contributed by atoms with Crippen molar-refractivity contribution in [2.24, 2.45) is 0 Å². The van der Waals surface area contributed by atoms with Gasteiger partial charge >= 0.3 is 5.97 Å². The van der Waals surface area contributed by atoms with Crippen LogP contribution in [0.2, 0.25) is 0 Å². The molecule has 2 heterocycles. The van der Waals surface area contributed by atoms with Crippen molar-refractivity contribution in [2.45, 2.75) is 25.3 Å². The molecule has 138 valence electrons. The van der Waals surface area contributed by atoms with Gasteiger partial charge in [-0.25, -0.2) is 0 Å². The molecule has 0 spiro atoms. The summed E-state index contributed by atoms with van der Waals surface area (Å²) in [5.41, 5.74) is 1.79. The molecule has 7 heteroatoms. The van der Waals surface area contributed by atoms with Gasteiger partial charge in [-0.05, 0) is 37.6 Å². The quantitative estimate of drug-likeness (QED) is 0.854. The van der Waals surface area contributed by atoms with Crippen molar-refractivity contribution in [3.05, 3.63) is 48.3 Å². The second-order valence-electron chi connectivity index (χ2n) is 6.69. The highest BCUT2D eigenvalue weighted by molar-refractivity contribution is 5.94. The van der Waals surface area contributed by atoms with Gasteiger partial charge in [0.05, 0.1) is 12.2 Å². The highest BCUT2D eigenvalue weighted by atomic mass is 16.4. The van der Waals surface area contributed by atoms with Crippen molar-refractivity contribution < 1.29 is 14.7 Å². The number of benzene rings is 1. The van der Waals surface area contributed by atoms with Gasteiger partial charge in [-0.3, -0.25) is 19.2 Å². The minimum absolute atomic E-state index is 0.0632. The first-order valence-corrected chi connectivity index (χ1v) is 8.82. The molecule has 1 aliphatic rings. The molecule has 1 aromatic heterocycles. The summed E-state index contributed by atoms with van der Waals surface area (Å²) in [7, 11) is 1.80. The number of aromatic nitrogens is 2. The highest BCUT2D eigenvalue weighted by Crippen LogP contribution is 2.25. The Morgan fingerprint density at radius 1 is 1.23 bits per heavy atom. The van der Waals surface area contributed by atoms with Gasteiger partial charge in [0.2, 0.25) is 5.91 Å². The van der Waals surface area contributed by atoms with E-state index in [1.807, 2.05) is 36.4 Å². The number of rotatable bonds is 6. The highest BCUT2D eigenvalue weighted by Gasteiger charge is 2.25.